The first-order chi connectivity index (χ1) is 8.63. The van der Waals surface area contributed by atoms with Gasteiger partial charge in [0.1, 0.15) is 0 Å². The Bertz CT molecular complexity index is 553. The molecule has 2 aromatic rings. The average molecular weight is 309 g/mol. The number of hydrogen-bond donors (Lipinski definition) is 0. The van der Waals surface area contributed by atoms with Gasteiger partial charge >= 0.3 is 0 Å². The van der Waals surface area contributed by atoms with Gasteiger partial charge in [0.15, 0.2) is 16.2 Å². The Morgan fingerprint density at radius 1 is 1.00 bits per heavy atom. The third-order valence-electron chi connectivity index (χ3n) is 2.51. The number of benzene rings is 1. The molecule has 0 aliphatic carbocycles. The number of ether oxygens (including phenoxy) is 2. The second-order valence-corrected chi connectivity index (χ2v) is 4.44. The van der Waals surface area contributed by atoms with Gasteiger partial charge in [-0.2, -0.15) is 0 Å². The molecule has 0 saturated carbocycles. The van der Waals surface area contributed by atoms with E-state index in [-0.39, 0.29) is 0 Å². The lowest BCUT2D eigenvalue weighted by Crippen LogP contribution is -1.94. The van der Waals surface area contributed by atoms with Crippen LogP contribution in [-0.4, -0.2) is 24.2 Å². The van der Waals surface area contributed by atoms with Gasteiger partial charge in [-0.25, -0.2) is 9.97 Å². The van der Waals surface area contributed by atoms with Crippen molar-refractivity contribution < 1.29 is 9.47 Å². The van der Waals surface area contributed by atoms with Crippen LogP contribution in [0.3, 0.4) is 0 Å². The molecule has 2 rings (SSSR count). The zero-order valence-corrected chi connectivity index (χ0v) is 12.0. The number of nitrogens with zero attached hydrogens (tertiary/aromatic N) is 2. The molecule has 0 unspecified atom stereocenters. The van der Waals surface area contributed by atoms with Gasteiger partial charge in [-0.3, -0.25) is 0 Å². The Hall–Kier alpha value is -1.62. The van der Waals surface area contributed by atoms with Crippen LogP contribution in [0.4, 0.5) is 0 Å². The lowest BCUT2D eigenvalue weighted by atomic mass is 10.1. The highest BCUT2D eigenvalue weighted by Gasteiger charge is 2.08. The fraction of sp³-hybridized carbons (Fsp3) is 0.231. The molecule has 18 heavy (non-hydrogen) atoms. The van der Waals surface area contributed by atoms with Crippen molar-refractivity contribution in [2.45, 2.75) is 6.92 Å². The SMILES string of the molecule is COc1ccc(-c2cc(C)nc(Br)n2)cc1OC. The van der Waals surface area contributed by atoms with Crippen LogP contribution in [0.5, 0.6) is 11.5 Å². The molecule has 1 aromatic heterocycles. The van der Waals surface area contributed by atoms with Gasteiger partial charge < -0.3 is 9.47 Å². The van der Waals surface area contributed by atoms with Crippen LogP contribution in [0.2, 0.25) is 0 Å². The van der Waals surface area contributed by atoms with Crippen LogP contribution in [0.1, 0.15) is 5.69 Å². The summed E-state index contributed by atoms with van der Waals surface area (Å²) in [5.41, 5.74) is 2.70. The maximum Gasteiger partial charge on any atom is 0.197 e. The molecule has 94 valence electrons. The lowest BCUT2D eigenvalue weighted by Gasteiger charge is -2.09. The topological polar surface area (TPSA) is 44.2 Å². The molecule has 1 aromatic carbocycles. The summed E-state index contributed by atoms with van der Waals surface area (Å²) in [6.07, 6.45) is 0. The first kappa shape index (κ1) is 12.8. The van der Waals surface area contributed by atoms with Crippen LogP contribution < -0.4 is 9.47 Å². The summed E-state index contributed by atoms with van der Waals surface area (Å²) >= 11 is 3.30. The highest BCUT2D eigenvalue weighted by atomic mass is 79.9. The fourth-order valence-corrected chi connectivity index (χ4v) is 2.15. The van der Waals surface area contributed by atoms with Crippen LogP contribution >= 0.6 is 15.9 Å². The molecule has 0 N–H and O–H groups in total. The number of halogens is 1. The van der Waals surface area contributed by atoms with Crippen molar-refractivity contribution in [3.63, 3.8) is 0 Å². The second-order valence-electron chi connectivity index (χ2n) is 3.73. The van der Waals surface area contributed by atoms with E-state index in [2.05, 4.69) is 25.9 Å². The molecule has 4 nitrogen and oxygen atoms in total. The van der Waals surface area contributed by atoms with Gasteiger partial charge in [0.2, 0.25) is 0 Å². The zero-order valence-electron chi connectivity index (χ0n) is 10.4. The summed E-state index contributed by atoms with van der Waals surface area (Å²) in [4.78, 5) is 8.53. The molecular weight excluding hydrogens is 296 g/mol. The molecule has 0 aliphatic heterocycles. The molecule has 5 heteroatoms. The van der Waals surface area contributed by atoms with Gasteiger partial charge in [0, 0.05) is 11.3 Å². The quantitative estimate of drug-likeness (QED) is 0.817. The van der Waals surface area contributed by atoms with E-state index >= 15 is 0 Å². The minimum atomic E-state index is 0.576. The Kier molecular flexibility index (Phi) is 3.81. The molecule has 0 saturated heterocycles. The summed E-state index contributed by atoms with van der Waals surface area (Å²) < 4.78 is 11.1. The van der Waals surface area contributed by atoms with Crippen molar-refractivity contribution in [2.24, 2.45) is 0 Å². The lowest BCUT2D eigenvalue weighted by molar-refractivity contribution is 0.355. The monoisotopic (exact) mass is 308 g/mol. The maximum absolute atomic E-state index is 5.28. The van der Waals surface area contributed by atoms with E-state index in [9.17, 15) is 0 Å². The van der Waals surface area contributed by atoms with Gasteiger partial charge in [0.05, 0.1) is 19.9 Å². The summed E-state index contributed by atoms with van der Waals surface area (Å²) in [7, 11) is 3.23. The second kappa shape index (κ2) is 5.35. The molecule has 0 fully saturated rings. The van der Waals surface area contributed by atoms with Gasteiger partial charge in [-0.05, 0) is 47.1 Å². The first-order valence-electron chi connectivity index (χ1n) is 5.37. The maximum atomic E-state index is 5.28. The highest BCUT2D eigenvalue weighted by molar-refractivity contribution is 9.10. The Morgan fingerprint density at radius 3 is 2.33 bits per heavy atom. The summed E-state index contributed by atoms with van der Waals surface area (Å²) in [5, 5.41) is 0. The van der Waals surface area contributed by atoms with Crippen LogP contribution in [0.15, 0.2) is 29.0 Å². The number of methoxy groups -OCH3 is 2. The van der Waals surface area contributed by atoms with Gasteiger partial charge in [-0.15, -0.1) is 0 Å². The van der Waals surface area contributed by atoms with E-state index < -0.39 is 0 Å². The van der Waals surface area contributed by atoms with Crippen molar-refractivity contribution >= 4 is 15.9 Å². The Balaban J connectivity index is 2.50. The van der Waals surface area contributed by atoms with E-state index in [0.717, 1.165) is 17.0 Å². The predicted octanol–water partition coefficient (Wildman–Crippen LogP) is 3.23. The molecular formula is C13H13BrN2O2. The molecule has 0 aliphatic rings. The van der Waals surface area contributed by atoms with Crippen molar-refractivity contribution in [1.29, 1.82) is 0 Å². The number of hydrogen-bond acceptors (Lipinski definition) is 4. The molecule has 0 spiro atoms. The van der Waals surface area contributed by atoms with Crippen molar-refractivity contribution in [3.8, 4) is 22.8 Å². The number of rotatable bonds is 3. The summed E-state index contributed by atoms with van der Waals surface area (Å²) in [6.45, 7) is 1.93. The van der Waals surface area contributed by atoms with Crippen molar-refractivity contribution in [2.75, 3.05) is 14.2 Å². The molecule has 0 bridgehead atoms. The molecule has 0 atom stereocenters. The normalized spacial score (nSPS) is 10.2. The third-order valence-corrected chi connectivity index (χ3v) is 2.86. The molecule has 0 amide bonds. The standard InChI is InChI=1S/C13H13BrN2O2/c1-8-6-10(16-13(14)15-8)9-4-5-11(17-2)12(7-9)18-3/h4-7H,1-3H3. The number of aryl methyl sites for hydroxylation is 1. The molecule has 1 heterocycles. The zero-order chi connectivity index (χ0) is 13.1. The minimum absolute atomic E-state index is 0.576. The Labute approximate surface area is 114 Å². The largest absolute Gasteiger partial charge is 0.493 e. The number of aromatic nitrogens is 2. The van der Waals surface area contributed by atoms with Crippen molar-refractivity contribution in [1.82, 2.24) is 9.97 Å². The van der Waals surface area contributed by atoms with Crippen LogP contribution in [0.25, 0.3) is 11.3 Å². The fourth-order valence-electron chi connectivity index (χ4n) is 1.68. The molecule has 0 radical (unpaired) electrons. The predicted molar refractivity (Wildman–Crippen MR) is 73.0 cm³/mol. The van der Waals surface area contributed by atoms with Crippen LogP contribution in [-0.2, 0) is 0 Å². The highest BCUT2D eigenvalue weighted by Crippen LogP contribution is 2.31. The van der Waals surface area contributed by atoms with E-state index in [0.29, 0.717) is 16.2 Å². The van der Waals surface area contributed by atoms with E-state index in [1.165, 1.54) is 0 Å². The minimum Gasteiger partial charge on any atom is -0.493 e. The first-order valence-corrected chi connectivity index (χ1v) is 6.17. The van der Waals surface area contributed by atoms with E-state index in [1.54, 1.807) is 14.2 Å². The average Bonchev–Trinajstić information content (AvgIpc) is 2.36. The van der Waals surface area contributed by atoms with Gasteiger partial charge in [-0.1, -0.05) is 0 Å². The summed E-state index contributed by atoms with van der Waals surface area (Å²) in [6, 6.07) is 7.62. The Morgan fingerprint density at radius 2 is 1.72 bits per heavy atom. The van der Waals surface area contributed by atoms with Gasteiger partial charge in [0.25, 0.3) is 0 Å². The van der Waals surface area contributed by atoms with E-state index in [4.69, 9.17) is 9.47 Å². The smallest absolute Gasteiger partial charge is 0.197 e. The van der Waals surface area contributed by atoms with E-state index in [1.807, 2.05) is 31.2 Å². The summed E-state index contributed by atoms with van der Waals surface area (Å²) in [5.74, 6) is 1.38. The van der Waals surface area contributed by atoms with Crippen LogP contribution in [0, 0.1) is 6.92 Å². The van der Waals surface area contributed by atoms with Crippen molar-refractivity contribution in [3.05, 3.63) is 34.7 Å². The third kappa shape index (κ3) is 2.61.